The molecule has 4 N–H and O–H groups in total. The summed E-state index contributed by atoms with van der Waals surface area (Å²) in [7, 11) is 0. The number of nitrogens with one attached hydrogen (secondary N) is 1. The molecule has 0 aliphatic rings. The Balaban J connectivity index is 4.27. The van der Waals surface area contributed by atoms with Gasteiger partial charge in [0.25, 0.3) is 0 Å². The molecule has 5 nitrogen and oxygen atoms in total. The van der Waals surface area contributed by atoms with Gasteiger partial charge in [0.1, 0.15) is 6.04 Å². The number of nitrogens with two attached hydrogens (primary N) is 1. The van der Waals surface area contributed by atoms with Crippen LogP contribution >= 0.6 is 0 Å². The number of amides is 1. The standard InChI is InChI=1S/C11H22N2O3/c1-3-5-6-9(11(15)16)13-10(14)8(4-2)7-12/h8-9H,3-7,12H2,1-2H3,(H,13,14)(H,15,16). The zero-order valence-electron chi connectivity index (χ0n) is 10.0. The minimum absolute atomic E-state index is 0.252. The number of aliphatic carboxylic acids is 1. The average molecular weight is 230 g/mol. The minimum Gasteiger partial charge on any atom is -0.480 e. The molecule has 0 radical (unpaired) electrons. The van der Waals surface area contributed by atoms with Gasteiger partial charge in [-0.1, -0.05) is 26.7 Å². The molecule has 0 aromatic heterocycles. The van der Waals surface area contributed by atoms with Gasteiger partial charge in [-0.3, -0.25) is 4.79 Å². The molecule has 5 heteroatoms. The second kappa shape index (κ2) is 8.10. The number of carbonyl (C=O) groups excluding carboxylic acids is 1. The predicted octanol–water partition coefficient (Wildman–Crippen LogP) is 0.731. The second-order valence-electron chi connectivity index (χ2n) is 3.88. The summed E-state index contributed by atoms with van der Waals surface area (Å²) in [5.41, 5.74) is 5.43. The highest BCUT2D eigenvalue weighted by molar-refractivity contribution is 5.85. The smallest absolute Gasteiger partial charge is 0.326 e. The highest BCUT2D eigenvalue weighted by Gasteiger charge is 2.22. The van der Waals surface area contributed by atoms with Gasteiger partial charge in [-0.2, -0.15) is 0 Å². The van der Waals surface area contributed by atoms with Crippen LogP contribution in [0.1, 0.15) is 39.5 Å². The first-order chi connectivity index (χ1) is 7.56. The maximum Gasteiger partial charge on any atom is 0.326 e. The van der Waals surface area contributed by atoms with Crippen molar-refractivity contribution in [3.8, 4) is 0 Å². The Kier molecular flexibility index (Phi) is 7.54. The minimum atomic E-state index is -0.978. The van der Waals surface area contributed by atoms with Crippen LogP contribution in [0.4, 0.5) is 0 Å². The number of rotatable bonds is 8. The summed E-state index contributed by atoms with van der Waals surface area (Å²) in [5.74, 6) is -1.52. The maximum atomic E-state index is 11.6. The third kappa shape index (κ3) is 5.11. The van der Waals surface area contributed by atoms with Gasteiger partial charge in [0, 0.05) is 12.5 Å². The van der Waals surface area contributed by atoms with E-state index in [0.29, 0.717) is 12.8 Å². The van der Waals surface area contributed by atoms with Crippen LogP contribution in [-0.2, 0) is 9.59 Å². The van der Waals surface area contributed by atoms with Crippen molar-refractivity contribution in [1.82, 2.24) is 5.32 Å². The lowest BCUT2D eigenvalue weighted by atomic mass is 10.0. The molecule has 1 amide bonds. The lowest BCUT2D eigenvalue weighted by Gasteiger charge is -2.18. The molecule has 0 spiro atoms. The van der Waals surface area contributed by atoms with E-state index in [2.05, 4.69) is 5.32 Å². The molecule has 2 unspecified atom stereocenters. The summed E-state index contributed by atoms with van der Waals surface area (Å²) >= 11 is 0. The molecule has 0 heterocycles. The second-order valence-corrected chi connectivity index (χ2v) is 3.88. The quantitative estimate of drug-likeness (QED) is 0.573. The SMILES string of the molecule is CCCCC(NC(=O)C(CC)CN)C(=O)O. The summed E-state index contributed by atoms with van der Waals surface area (Å²) in [6, 6.07) is -0.784. The molecule has 0 aromatic rings. The fourth-order valence-electron chi connectivity index (χ4n) is 1.41. The maximum absolute atomic E-state index is 11.6. The van der Waals surface area contributed by atoms with Crippen LogP contribution in [0.15, 0.2) is 0 Å². The van der Waals surface area contributed by atoms with E-state index >= 15 is 0 Å². The molecule has 0 aliphatic heterocycles. The third-order valence-corrected chi connectivity index (χ3v) is 2.61. The Bertz CT molecular complexity index is 227. The van der Waals surface area contributed by atoms with Gasteiger partial charge < -0.3 is 16.2 Å². The van der Waals surface area contributed by atoms with Crippen molar-refractivity contribution >= 4 is 11.9 Å². The van der Waals surface area contributed by atoms with Crippen LogP contribution in [0.3, 0.4) is 0 Å². The zero-order valence-corrected chi connectivity index (χ0v) is 10.0. The first-order valence-electron chi connectivity index (χ1n) is 5.80. The van der Waals surface area contributed by atoms with Gasteiger partial charge in [-0.25, -0.2) is 4.79 Å². The van der Waals surface area contributed by atoms with E-state index in [-0.39, 0.29) is 18.4 Å². The number of carboxylic acid groups (broad SMARTS) is 1. The lowest BCUT2D eigenvalue weighted by Crippen LogP contribution is -2.45. The molecule has 2 atom stereocenters. The van der Waals surface area contributed by atoms with Crippen molar-refractivity contribution in [2.45, 2.75) is 45.6 Å². The van der Waals surface area contributed by atoms with Crippen molar-refractivity contribution in [2.24, 2.45) is 11.7 Å². The van der Waals surface area contributed by atoms with E-state index in [1.807, 2.05) is 13.8 Å². The Morgan fingerprint density at radius 2 is 2.00 bits per heavy atom. The summed E-state index contributed by atoms with van der Waals surface area (Å²) in [6.07, 6.45) is 2.80. The molecule has 0 aromatic carbocycles. The highest BCUT2D eigenvalue weighted by atomic mass is 16.4. The lowest BCUT2D eigenvalue weighted by molar-refractivity contribution is -0.142. The van der Waals surface area contributed by atoms with Crippen LogP contribution < -0.4 is 11.1 Å². The molecule has 94 valence electrons. The van der Waals surface area contributed by atoms with E-state index in [1.165, 1.54) is 0 Å². The van der Waals surface area contributed by atoms with Gasteiger partial charge in [0.05, 0.1) is 0 Å². The van der Waals surface area contributed by atoms with Crippen molar-refractivity contribution in [3.05, 3.63) is 0 Å². The van der Waals surface area contributed by atoms with Crippen molar-refractivity contribution in [2.75, 3.05) is 6.54 Å². The largest absolute Gasteiger partial charge is 0.480 e. The molecule has 0 rings (SSSR count). The van der Waals surface area contributed by atoms with Crippen molar-refractivity contribution < 1.29 is 14.7 Å². The first kappa shape index (κ1) is 14.9. The van der Waals surface area contributed by atoms with Gasteiger partial charge in [0.2, 0.25) is 5.91 Å². The number of carboxylic acids is 1. The van der Waals surface area contributed by atoms with Gasteiger partial charge in [-0.15, -0.1) is 0 Å². The summed E-state index contributed by atoms with van der Waals surface area (Å²) in [5, 5.41) is 11.5. The first-order valence-corrected chi connectivity index (χ1v) is 5.80. The van der Waals surface area contributed by atoms with Gasteiger partial charge in [-0.05, 0) is 12.8 Å². The van der Waals surface area contributed by atoms with Gasteiger partial charge in [0.15, 0.2) is 0 Å². The van der Waals surface area contributed by atoms with Crippen LogP contribution in [0.25, 0.3) is 0 Å². The Morgan fingerprint density at radius 3 is 2.38 bits per heavy atom. The topological polar surface area (TPSA) is 92.4 Å². The monoisotopic (exact) mass is 230 g/mol. The molecular weight excluding hydrogens is 208 g/mol. The number of hydrogen-bond donors (Lipinski definition) is 3. The average Bonchev–Trinajstić information content (AvgIpc) is 2.25. The van der Waals surface area contributed by atoms with Crippen molar-refractivity contribution in [3.63, 3.8) is 0 Å². The highest BCUT2D eigenvalue weighted by Crippen LogP contribution is 2.05. The van der Waals surface area contributed by atoms with Crippen LogP contribution in [-0.4, -0.2) is 29.6 Å². The zero-order chi connectivity index (χ0) is 12.6. The van der Waals surface area contributed by atoms with Crippen LogP contribution in [0.5, 0.6) is 0 Å². The summed E-state index contributed by atoms with van der Waals surface area (Å²) in [4.78, 5) is 22.5. The van der Waals surface area contributed by atoms with Gasteiger partial charge >= 0.3 is 5.97 Å². The van der Waals surface area contributed by atoms with E-state index < -0.39 is 12.0 Å². The number of carbonyl (C=O) groups is 2. The Hall–Kier alpha value is -1.10. The molecule has 0 saturated carbocycles. The molecule has 16 heavy (non-hydrogen) atoms. The fraction of sp³-hybridized carbons (Fsp3) is 0.818. The normalized spacial score (nSPS) is 14.2. The number of unbranched alkanes of at least 4 members (excludes halogenated alkanes) is 1. The molecule has 0 aliphatic carbocycles. The fourth-order valence-corrected chi connectivity index (χ4v) is 1.41. The van der Waals surface area contributed by atoms with Crippen molar-refractivity contribution in [1.29, 1.82) is 0 Å². The van der Waals surface area contributed by atoms with E-state index in [0.717, 1.165) is 12.8 Å². The predicted molar refractivity (Wildman–Crippen MR) is 61.9 cm³/mol. The van der Waals surface area contributed by atoms with Crippen LogP contribution in [0, 0.1) is 5.92 Å². The van der Waals surface area contributed by atoms with E-state index in [9.17, 15) is 9.59 Å². The molecule has 0 bridgehead atoms. The number of hydrogen-bond acceptors (Lipinski definition) is 3. The summed E-state index contributed by atoms with van der Waals surface area (Å²) < 4.78 is 0. The Morgan fingerprint density at radius 1 is 1.38 bits per heavy atom. The molecule has 0 fully saturated rings. The van der Waals surface area contributed by atoms with E-state index in [4.69, 9.17) is 10.8 Å². The third-order valence-electron chi connectivity index (χ3n) is 2.61. The summed E-state index contributed by atoms with van der Waals surface area (Å²) in [6.45, 7) is 4.09. The molecule has 0 saturated heterocycles. The molecular formula is C11H22N2O3. The van der Waals surface area contributed by atoms with E-state index in [1.54, 1.807) is 0 Å². The van der Waals surface area contributed by atoms with Crippen LogP contribution in [0.2, 0.25) is 0 Å². The Labute approximate surface area is 96.4 Å².